The van der Waals surface area contributed by atoms with Gasteiger partial charge in [0.25, 0.3) is 0 Å². The summed E-state index contributed by atoms with van der Waals surface area (Å²) in [7, 11) is 0. The first-order valence-corrected chi connectivity index (χ1v) is 10.9. The summed E-state index contributed by atoms with van der Waals surface area (Å²) in [5, 5.41) is 11.0. The number of benzene rings is 1. The Hall–Kier alpha value is -2.49. The monoisotopic (exact) mass is 458 g/mol. The van der Waals surface area contributed by atoms with Crippen molar-refractivity contribution < 1.29 is 37.3 Å². The third-order valence-electron chi connectivity index (χ3n) is 6.00. The predicted octanol–water partition coefficient (Wildman–Crippen LogP) is 3.66. The SMILES string of the molecule is CCCCOC(=O)N1CCN(C(=O)C(c2cccc(OC(F)(F)F)c2)C2(O)CCC2)CC1. The minimum absolute atomic E-state index is 0.257. The van der Waals surface area contributed by atoms with E-state index in [9.17, 15) is 27.9 Å². The molecule has 2 fully saturated rings. The Morgan fingerprint density at radius 1 is 1.16 bits per heavy atom. The molecule has 1 aromatic rings. The molecule has 1 aliphatic heterocycles. The van der Waals surface area contributed by atoms with Crippen molar-refractivity contribution in [2.24, 2.45) is 0 Å². The van der Waals surface area contributed by atoms with Crippen molar-refractivity contribution in [1.82, 2.24) is 9.80 Å². The van der Waals surface area contributed by atoms with Crippen LogP contribution in [0.25, 0.3) is 0 Å². The lowest BCUT2D eigenvalue weighted by atomic mass is 9.68. The first-order chi connectivity index (χ1) is 15.1. The number of hydrogen-bond donors (Lipinski definition) is 1. The number of alkyl halides is 3. The van der Waals surface area contributed by atoms with Gasteiger partial charge >= 0.3 is 12.5 Å². The van der Waals surface area contributed by atoms with Crippen LogP contribution in [0.3, 0.4) is 0 Å². The molecule has 1 unspecified atom stereocenters. The van der Waals surface area contributed by atoms with E-state index < -0.39 is 29.7 Å². The molecule has 1 atom stereocenters. The van der Waals surface area contributed by atoms with E-state index in [-0.39, 0.29) is 24.6 Å². The molecule has 1 N–H and O–H groups in total. The van der Waals surface area contributed by atoms with Crippen molar-refractivity contribution >= 4 is 12.0 Å². The fourth-order valence-electron chi connectivity index (χ4n) is 4.09. The highest BCUT2D eigenvalue weighted by atomic mass is 19.4. The zero-order valence-electron chi connectivity index (χ0n) is 18.1. The lowest BCUT2D eigenvalue weighted by Crippen LogP contribution is -2.56. The van der Waals surface area contributed by atoms with Crippen LogP contribution in [0.4, 0.5) is 18.0 Å². The third-order valence-corrected chi connectivity index (χ3v) is 6.00. The van der Waals surface area contributed by atoms with Gasteiger partial charge in [-0.2, -0.15) is 0 Å². The maximum Gasteiger partial charge on any atom is 0.573 e. The number of nitrogens with zero attached hydrogens (tertiary/aromatic N) is 2. The number of hydrogen-bond acceptors (Lipinski definition) is 5. The Labute approximate surface area is 185 Å². The molecule has 0 aromatic heterocycles. The number of carbonyl (C=O) groups excluding carboxylic acids is 2. The normalized spacial score (nSPS) is 19.2. The summed E-state index contributed by atoms with van der Waals surface area (Å²) >= 11 is 0. The smallest absolute Gasteiger partial charge is 0.449 e. The maximum absolute atomic E-state index is 13.4. The highest BCUT2D eigenvalue weighted by molar-refractivity contribution is 5.86. The second-order valence-corrected chi connectivity index (χ2v) is 8.29. The second kappa shape index (κ2) is 9.97. The molecule has 10 heteroatoms. The molecule has 3 rings (SSSR count). The lowest BCUT2D eigenvalue weighted by molar-refractivity contribution is -0.274. The Bertz CT molecular complexity index is 805. The van der Waals surface area contributed by atoms with E-state index in [1.165, 1.54) is 17.0 Å². The van der Waals surface area contributed by atoms with Crippen LogP contribution in [0.1, 0.15) is 50.5 Å². The van der Waals surface area contributed by atoms with E-state index in [0.717, 1.165) is 31.4 Å². The summed E-state index contributed by atoms with van der Waals surface area (Å²) in [6.07, 6.45) is -2.08. The molecule has 0 bridgehead atoms. The number of halogens is 3. The van der Waals surface area contributed by atoms with E-state index in [2.05, 4.69) is 4.74 Å². The van der Waals surface area contributed by atoms with Gasteiger partial charge in [0, 0.05) is 26.2 Å². The van der Waals surface area contributed by atoms with Crippen molar-refractivity contribution in [2.45, 2.75) is 56.9 Å². The number of rotatable bonds is 7. The van der Waals surface area contributed by atoms with E-state index in [4.69, 9.17) is 4.74 Å². The first-order valence-electron chi connectivity index (χ1n) is 10.9. The number of ether oxygens (including phenoxy) is 2. The van der Waals surface area contributed by atoms with Gasteiger partial charge in [-0.05, 0) is 43.4 Å². The summed E-state index contributed by atoms with van der Waals surface area (Å²) in [4.78, 5) is 28.6. The van der Waals surface area contributed by atoms with Gasteiger partial charge in [0.2, 0.25) is 5.91 Å². The van der Waals surface area contributed by atoms with Crippen LogP contribution in [0.15, 0.2) is 24.3 Å². The highest BCUT2D eigenvalue weighted by Gasteiger charge is 2.48. The minimum atomic E-state index is -4.85. The average molecular weight is 458 g/mol. The minimum Gasteiger partial charge on any atom is -0.449 e. The topological polar surface area (TPSA) is 79.3 Å². The molecule has 0 spiro atoms. The predicted molar refractivity (Wildman–Crippen MR) is 109 cm³/mol. The Balaban J connectivity index is 1.71. The summed E-state index contributed by atoms with van der Waals surface area (Å²) in [6, 6.07) is 5.23. The van der Waals surface area contributed by atoms with Crippen LogP contribution >= 0.6 is 0 Å². The molecular weight excluding hydrogens is 429 g/mol. The molecule has 1 aliphatic carbocycles. The van der Waals surface area contributed by atoms with Crippen molar-refractivity contribution in [3.05, 3.63) is 29.8 Å². The molecule has 1 aromatic carbocycles. The summed E-state index contributed by atoms with van der Waals surface area (Å²) in [5.74, 6) is -1.80. The van der Waals surface area contributed by atoms with E-state index in [1.54, 1.807) is 4.90 Å². The zero-order chi connectivity index (χ0) is 23.4. The van der Waals surface area contributed by atoms with Crippen LogP contribution in [-0.2, 0) is 9.53 Å². The average Bonchev–Trinajstić information content (AvgIpc) is 2.72. The standard InChI is InChI=1S/C22H29F3N2O5/c1-2-3-14-31-20(29)27-12-10-26(11-13-27)19(28)18(21(30)8-5-9-21)16-6-4-7-17(15-16)32-22(23,24)25/h4,6-7,15,18,30H,2-3,5,8-14H2,1H3. The molecule has 2 amide bonds. The van der Waals surface area contributed by atoms with Crippen LogP contribution in [-0.4, -0.2) is 71.7 Å². The van der Waals surface area contributed by atoms with Crippen molar-refractivity contribution in [3.8, 4) is 5.75 Å². The van der Waals surface area contributed by atoms with Gasteiger partial charge in [-0.1, -0.05) is 25.5 Å². The molecule has 1 saturated carbocycles. The molecule has 1 heterocycles. The largest absolute Gasteiger partial charge is 0.573 e. The van der Waals surface area contributed by atoms with Gasteiger partial charge in [-0.15, -0.1) is 13.2 Å². The Morgan fingerprint density at radius 2 is 1.81 bits per heavy atom. The zero-order valence-corrected chi connectivity index (χ0v) is 18.1. The van der Waals surface area contributed by atoms with E-state index in [0.29, 0.717) is 32.5 Å². The maximum atomic E-state index is 13.4. The van der Waals surface area contributed by atoms with Crippen molar-refractivity contribution in [2.75, 3.05) is 32.8 Å². The molecule has 0 radical (unpaired) electrons. The summed E-state index contributed by atoms with van der Waals surface area (Å²) < 4.78 is 47.1. The fourth-order valence-corrected chi connectivity index (χ4v) is 4.09. The summed E-state index contributed by atoms with van der Waals surface area (Å²) in [6.45, 7) is 3.44. The molecule has 1 saturated heterocycles. The number of carbonyl (C=O) groups is 2. The summed E-state index contributed by atoms with van der Waals surface area (Å²) in [5.41, 5.74) is -1.04. The second-order valence-electron chi connectivity index (χ2n) is 8.29. The Morgan fingerprint density at radius 3 is 2.38 bits per heavy atom. The van der Waals surface area contributed by atoms with Gasteiger partial charge in [0.1, 0.15) is 5.75 Å². The highest BCUT2D eigenvalue weighted by Crippen LogP contribution is 2.45. The van der Waals surface area contributed by atoms with E-state index in [1.807, 2.05) is 6.92 Å². The van der Waals surface area contributed by atoms with Crippen molar-refractivity contribution in [1.29, 1.82) is 0 Å². The van der Waals surface area contributed by atoms with Gasteiger partial charge in [0.05, 0.1) is 18.1 Å². The lowest BCUT2D eigenvalue weighted by Gasteiger charge is -2.45. The molecule has 7 nitrogen and oxygen atoms in total. The number of piperazine rings is 1. The van der Waals surface area contributed by atoms with Crippen LogP contribution < -0.4 is 4.74 Å². The first kappa shape index (κ1) is 24.2. The van der Waals surface area contributed by atoms with Crippen LogP contribution in [0, 0.1) is 0 Å². The molecule has 178 valence electrons. The fraction of sp³-hybridized carbons (Fsp3) is 0.636. The number of aliphatic hydroxyl groups is 1. The van der Waals surface area contributed by atoms with Crippen LogP contribution in [0.5, 0.6) is 5.75 Å². The van der Waals surface area contributed by atoms with Crippen LogP contribution in [0.2, 0.25) is 0 Å². The third kappa shape index (κ3) is 5.85. The molecule has 2 aliphatic rings. The molecule has 32 heavy (non-hydrogen) atoms. The van der Waals surface area contributed by atoms with E-state index >= 15 is 0 Å². The van der Waals surface area contributed by atoms with Gasteiger partial charge in [-0.25, -0.2) is 4.79 Å². The van der Waals surface area contributed by atoms with Crippen molar-refractivity contribution in [3.63, 3.8) is 0 Å². The van der Waals surface area contributed by atoms with Gasteiger partial charge in [0.15, 0.2) is 0 Å². The van der Waals surface area contributed by atoms with Gasteiger partial charge in [-0.3, -0.25) is 4.79 Å². The Kier molecular flexibility index (Phi) is 7.53. The quantitative estimate of drug-likeness (QED) is 0.631. The number of unbranched alkanes of at least 4 members (excludes halogenated alkanes) is 1. The number of amides is 2. The van der Waals surface area contributed by atoms with Gasteiger partial charge < -0.3 is 24.4 Å². The molecular formula is C22H29F3N2O5.